The molecular formula is C13H12ClFN2O. The summed E-state index contributed by atoms with van der Waals surface area (Å²) in [7, 11) is 1.83. The van der Waals surface area contributed by atoms with Crippen LogP contribution >= 0.6 is 11.6 Å². The van der Waals surface area contributed by atoms with E-state index in [-0.39, 0.29) is 10.8 Å². The van der Waals surface area contributed by atoms with Crippen LogP contribution in [0.15, 0.2) is 30.5 Å². The van der Waals surface area contributed by atoms with Gasteiger partial charge in [-0.05, 0) is 30.7 Å². The summed E-state index contributed by atoms with van der Waals surface area (Å²) in [5.74, 6) is -0.571. The molecule has 1 aromatic heterocycles. The molecule has 3 nitrogen and oxygen atoms in total. The van der Waals surface area contributed by atoms with Crippen molar-refractivity contribution in [1.29, 1.82) is 0 Å². The molecule has 0 aliphatic carbocycles. The van der Waals surface area contributed by atoms with Crippen LogP contribution in [0.1, 0.15) is 22.5 Å². The molecular weight excluding hydrogens is 255 g/mol. The van der Waals surface area contributed by atoms with E-state index in [0.29, 0.717) is 18.4 Å². The third-order valence-corrected chi connectivity index (χ3v) is 3.06. The molecule has 0 bridgehead atoms. The van der Waals surface area contributed by atoms with Crippen molar-refractivity contribution in [2.24, 2.45) is 7.05 Å². The maximum atomic E-state index is 13.0. The number of hydrogen-bond donors (Lipinski definition) is 0. The molecule has 2 aromatic rings. The molecule has 94 valence electrons. The van der Waals surface area contributed by atoms with Gasteiger partial charge in [0.15, 0.2) is 5.78 Å². The van der Waals surface area contributed by atoms with Crippen molar-refractivity contribution in [3.8, 4) is 0 Å². The maximum Gasteiger partial charge on any atom is 0.163 e. The van der Waals surface area contributed by atoms with Crippen LogP contribution in [0.2, 0.25) is 5.02 Å². The van der Waals surface area contributed by atoms with Gasteiger partial charge in [0.1, 0.15) is 5.82 Å². The van der Waals surface area contributed by atoms with Crippen LogP contribution in [0.3, 0.4) is 0 Å². The number of aromatic nitrogens is 2. The van der Waals surface area contributed by atoms with Crippen molar-refractivity contribution in [1.82, 2.24) is 9.78 Å². The summed E-state index contributed by atoms with van der Waals surface area (Å²) in [4.78, 5) is 11.9. The summed E-state index contributed by atoms with van der Waals surface area (Å²) in [5.41, 5.74) is 1.42. The smallest absolute Gasteiger partial charge is 0.163 e. The second kappa shape index (κ2) is 5.31. The minimum atomic E-state index is -0.514. The lowest BCUT2D eigenvalue weighted by molar-refractivity contribution is 0.0982. The molecule has 0 radical (unpaired) electrons. The Morgan fingerprint density at radius 1 is 1.44 bits per heavy atom. The lowest BCUT2D eigenvalue weighted by Crippen LogP contribution is -2.04. The molecule has 0 amide bonds. The number of rotatable bonds is 4. The number of carbonyl (C=O) groups excluding carboxylic acids is 1. The van der Waals surface area contributed by atoms with E-state index in [1.807, 2.05) is 13.1 Å². The van der Waals surface area contributed by atoms with E-state index in [4.69, 9.17) is 11.6 Å². The van der Waals surface area contributed by atoms with Gasteiger partial charge in [-0.25, -0.2) is 4.39 Å². The number of halogens is 2. The second-order valence-corrected chi connectivity index (χ2v) is 4.41. The zero-order valence-electron chi connectivity index (χ0n) is 9.86. The molecule has 1 aromatic carbocycles. The zero-order valence-corrected chi connectivity index (χ0v) is 10.6. The quantitative estimate of drug-likeness (QED) is 0.798. The average molecular weight is 267 g/mol. The summed E-state index contributed by atoms with van der Waals surface area (Å²) in [6.07, 6.45) is 2.64. The highest BCUT2D eigenvalue weighted by Crippen LogP contribution is 2.17. The van der Waals surface area contributed by atoms with Gasteiger partial charge in [-0.1, -0.05) is 11.6 Å². The number of ketones is 1. The summed E-state index contributed by atoms with van der Waals surface area (Å²) < 4.78 is 14.7. The molecule has 0 fully saturated rings. The number of hydrogen-bond acceptors (Lipinski definition) is 2. The molecule has 0 aliphatic rings. The van der Waals surface area contributed by atoms with Crippen molar-refractivity contribution < 1.29 is 9.18 Å². The molecule has 0 unspecified atom stereocenters. The van der Waals surface area contributed by atoms with E-state index in [1.165, 1.54) is 18.2 Å². The highest BCUT2D eigenvalue weighted by molar-refractivity contribution is 6.31. The highest BCUT2D eigenvalue weighted by Gasteiger charge is 2.10. The minimum Gasteiger partial charge on any atom is -0.294 e. The van der Waals surface area contributed by atoms with Gasteiger partial charge in [-0.3, -0.25) is 9.48 Å². The van der Waals surface area contributed by atoms with Crippen LogP contribution in [0, 0.1) is 5.82 Å². The topological polar surface area (TPSA) is 34.9 Å². The van der Waals surface area contributed by atoms with Crippen molar-refractivity contribution in [3.05, 3.63) is 52.6 Å². The van der Waals surface area contributed by atoms with Gasteiger partial charge in [0.05, 0.1) is 5.02 Å². The lowest BCUT2D eigenvalue weighted by atomic mass is 10.1. The fourth-order valence-electron chi connectivity index (χ4n) is 1.70. The summed E-state index contributed by atoms with van der Waals surface area (Å²) >= 11 is 5.64. The second-order valence-electron chi connectivity index (χ2n) is 4.00. The first kappa shape index (κ1) is 12.8. The Morgan fingerprint density at radius 3 is 2.83 bits per heavy atom. The van der Waals surface area contributed by atoms with Gasteiger partial charge >= 0.3 is 0 Å². The molecule has 2 rings (SSSR count). The molecule has 18 heavy (non-hydrogen) atoms. The normalized spacial score (nSPS) is 10.6. The molecule has 1 heterocycles. The maximum absolute atomic E-state index is 13.0. The van der Waals surface area contributed by atoms with E-state index in [9.17, 15) is 9.18 Å². The molecule has 0 saturated heterocycles. The van der Waals surface area contributed by atoms with Crippen molar-refractivity contribution in [3.63, 3.8) is 0 Å². The fourth-order valence-corrected chi connectivity index (χ4v) is 1.88. The van der Waals surface area contributed by atoms with Crippen molar-refractivity contribution in [2.45, 2.75) is 12.8 Å². The van der Waals surface area contributed by atoms with Crippen LogP contribution in [0.5, 0.6) is 0 Å². The predicted molar refractivity (Wildman–Crippen MR) is 67.3 cm³/mol. The van der Waals surface area contributed by atoms with Crippen LogP contribution in [-0.4, -0.2) is 15.6 Å². The Labute approximate surface area is 109 Å². The van der Waals surface area contributed by atoms with E-state index in [1.54, 1.807) is 10.9 Å². The van der Waals surface area contributed by atoms with E-state index in [2.05, 4.69) is 5.10 Å². The Balaban J connectivity index is 2.04. The number of nitrogens with zero attached hydrogens (tertiary/aromatic N) is 2. The van der Waals surface area contributed by atoms with Gasteiger partial charge < -0.3 is 0 Å². The molecule has 0 N–H and O–H groups in total. The largest absolute Gasteiger partial charge is 0.294 e. The highest BCUT2D eigenvalue weighted by atomic mass is 35.5. The third kappa shape index (κ3) is 2.76. The van der Waals surface area contributed by atoms with E-state index < -0.39 is 5.82 Å². The fraction of sp³-hybridized carbons (Fsp3) is 0.231. The Hall–Kier alpha value is -1.68. The molecule has 0 spiro atoms. The summed E-state index contributed by atoms with van der Waals surface area (Å²) in [6.45, 7) is 0. The molecule has 0 saturated carbocycles. The van der Waals surface area contributed by atoms with Crippen molar-refractivity contribution >= 4 is 17.4 Å². The predicted octanol–water partition coefficient (Wildman–Crippen LogP) is 3.03. The van der Waals surface area contributed by atoms with Crippen LogP contribution in [-0.2, 0) is 13.5 Å². The molecule has 0 aliphatic heterocycles. The first-order chi connectivity index (χ1) is 8.58. The molecule has 5 heteroatoms. The number of aryl methyl sites for hydroxylation is 2. The van der Waals surface area contributed by atoms with Gasteiger partial charge in [0.25, 0.3) is 0 Å². The lowest BCUT2D eigenvalue weighted by Gasteiger charge is -2.03. The number of carbonyl (C=O) groups is 1. The van der Waals surface area contributed by atoms with E-state index >= 15 is 0 Å². The standard InChI is InChI=1S/C13H12ClFN2O/c1-17-10(6-7-16-17)3-5-13(18)9-2-4-12(15)11(14)8-9/h2,4,6-8H,3,5H2,1H3. The van der Waals surface area contributed by atoms with E-state index in [0.717, 1.165) is 5.69 Å². The summed E-state index contributed by atoms with van der Waals surface area (Å²) in [6, 6.07) is 5.89. The zero-order chi connectivity index (χ0) is 13.1. The average Bonchev–Trinajstić information content (AvgIpc) is 2.75. The number of benzene rings is 1. The Bertz CT molecular complexity index is 580. The Kier molecular flexibility index (Phi) is 3.77. The third-order valence-electron chi connectivity index (χ3n) is 2.77. The monoisotopic (exact) mass is 266 g/mol. The van der Waals surface area contributed by atoms with Gasteiger partial charge in [0.2, 0.25) is 0 Å². The Morgan fingerprint density at radius 2 is 2.22 bits per heavy atom. The first-order valence-electron chi connectivity index (χ1n) is 5.53. The van der Waals surface area contributed by atoms with Crippen LogP contribution in [0.25, 0.3) is 0 Å². The van der Waals surface area contributed by atoms with Crippen LogP contribution in [0.4, 0.5) is 4.39 Å². The number of Topliss-reactive ketones (excluding diaryl/α,β-unsaturated/α-hetero) is 1. The minimum absolute atomic E-state index is 0.0265. The van der Waals surface area contributed by atoms with Crippen LogP contribution < -0.4 is 0 Å². The van der Waals surface area contributed by atoms with Gasteiger partial charge in [-0.15, -0.1) is 0 Å². The van der Waals surface area contributed by atoms with Gasteiger partial charge in [-0.2, -0.15) is 5.10 Å². The van der Waals surface area contributed by atoms with Crippen molar-refractivity contribution in [2.75, 3.05) is 0 Å². The van der Waals surface area contributed by atoms with Gasteiger partial charge in [0, 0.05) is 30.9 Å². The SMILES string of the molecule is Cn1nccc1CCC(=O)c1ccc(F)c(Cl)c1. The summed E-state index contributed by atoms with van der Waals surface area (Å²) in [5, 5.41) is 4.00. The first-order valence-corrected chi connectivity index (χ1v) is 5.91. The molecule has 0 atom stereocenters.